The molecule has 1 unspecified atom stereocenters. The summed E-state index contributed by atoms with van der Waals surface area (Å²) >= 11 is 0. The lowest BCUT2D eigenvalue weighted by Crippen LogP contribution is -2.45. The molecule has 0 aromatic heterocycles. The molecule has 0 aliphatic carbocycles. The van der Waals surface area contributed by atoms with Gasteiger partial charge >= 0.3 is 13.2 Å². The van der Waals surface area contributed by atoms with Crippen LogP contribution in [0.5, 0.6) is 0 Å². The second-order valence-electron chi connectivity index (χ2n) is 10.1. The van der Waals surface area contributed by atoms with E-state index in [0.29, 0.717) is 13.0 Å². The minimum Gasteiger partial charge on any atom is -0.471 e. The Kier molecular flexibility index (Phi) is 7.49. The number of ether oxygens (including phenoxy) is 2. The number of amides is 1. The standard InChI is InChI=1S/C21H32BNO4.C2H4O2/c1-14-11-15-9-10-17(22-26-20(5,6)21(7,8)27-22)12-16(15)13-23(14)18(24)25-19(2,3)4;1-4-2-3/h9-10,12,14H,11,13H2,1-8H3;2H,1H3. The van der Waals surface area contributed by atoms with Crippen LogP contribution in [0.3, 0.4) is 0 Å². The molecule has 31 heavy (non-hydrogen) atoms. The molecule has 8 heteroatoms. The third-order valence-electron chi connectivity index (χ3n) is 5.87. The molecule has 1 aromatic carbocycles. The average molecular weight is 433 g/mol. The monoisotopic (exact) mass is 433 g/mol. The van der Waals surface area contributed by atoms with Gasteiger partial charge in [0.05, 0.1) is 18.3 Å². The maximum atomic E-state index is 12.6. The van der Waals surface area contributed by atoms with Crippen molar-refractivity contribution in [1.82, 2.24) is 4.90 Å². The fraction of sp³-hybridized carbons (Fsp3) is 0.652. The van der Waals surface area contributed by atoms with E-state index in [9.17, 15) is 4.79 Å². The van der Waals surface area contributed by atoms with Crippen molar-refractivity contribution < 1.29 is 28.4 Å². The van der Waals surface area contributed by atoms with Gasteiger partial charge in [0.1, 0.15) is 5.60 Å². The summed E-state index contributed by atoms with van der Waals surface area (Å²) in [5.74, 6) is 0. The molecular weight excluding hydrogens is 397 g/mol. The Morgan fingerprint density at radius 2 is 1.71 bits per heavy atom. The second kappa shape index (κ2) is 9.21. The zero-order valence-electron chi connectivity index (χ0n) is 20.3. The predicted octanol–water partition coefficient (Wildman–Crippen LogP) is 3.46. The molecule has 172 valence electrons. The summed E-state index contributed by atoms with van der Waals surface area (Å²) in [7, 11) is 0.919. The summed E-state index contributed by atoms with van der Waals surface area (Å²) in [4.78, 5) is 23.4. The van der Waals surface area contributed by atoms with E-state index in [1.807, 2.05) is 25.7 Å². The molecule has 2 aliphatic heterocycles. The molecule has 2 heterocycles. The third kappa shape index (κ3) is 6.01. The Labute approximate surface area is 186 Å². The molecule has 3 rings (SSSR count). The molecule has 0 N–H and O–H groups in total. The Balaban J connectivity index is 0.000000785. The summed E-state index contributed by atoms with van der Waals surface area (Å²) in [6.07, 6.45) is 0.555. The number of rotatable bonds is 2. The molecule has 0 bridgehead atoms. The van der Waals surface area contributed by atoms with E-state index in [2.05, 4.69) is 57.6 Å². The zero-order chi connectivity index (χ0) is 23.6. The zero-order valence-corrected chi connectivity index (χ0v) is 20.3. The average Bonchev–Trinajstić information content (AvgIpc) is 2.87. The van der Waals surface area contributed by atoms with Crippen molar-refractivity contribution in [1.29, 1.82) is 0 Å². The SMILES string of the molecule is CC1Cc2ccc(B3OC(C)(C)C(C)(C)O3)cc2CN1C(=O)OC(C)(C)C.COC=O. The lowest BCUT2D eigenvalue weighted by molar-refractivity contribution is -0.126. The molecule has 0 radical (unpaired) electrons. The minimum absolute atomic E-state index is 0.107. The van der Waals surface area contributed by atoms with Crippen molar-refractivity contribution in [3.63, 3.8) is 0 Å². The van der Waals surface area contributed by atoms with Crippen LogP contribution in [-0.4, -0.2) is 54.5 Å². The number of carbonyl (C=O) groups is 2. The fourth-order valence-electron chi connectivity index (χ4n) is 3.45. The Bertz CT molecular complexity index is 786. The van der Waals surface area contributed by atoms with Crippen LogP contribution >= 0.6 is 0 Å². The summed E-state index contributed by atoms with van der Waals surface area (Å²) in [6.45, 7) is 16.9. The molecule has 2 aliphatic rings. The van der Waals surface area contributed by atoms with Crippen molar-refractivity contribution in [2.24, 2.45) is 0 Å². The van der Waals surface area contributed by atoms with Crippen LogP contribution in [0.25, 0.3) is 0 Å². The number of benzene rings is 1. The molecule has 1 saturated heterocycles. The highest BCUT2D eigenvalue weighted by Crippen LogP contribution is 2.36. The number of carbonyl (C=O) groups excluding carboxylic acids is 2. The molecule has 7 nitrogen and oxygen atoms in total. The van der Waals surface area contributed by atoms with E-state index in [1.165, 1.54) is 12.7 Å². The summed E-state index contributed by atoms with van der Waals surface area (Å²) in [6, 6.07) is 6.44. The van der Waals surface area contributed by atoms with Crippen LogP contribution < -0.4 is 5.46 Å². The maximum absolute atomic E-state index is 12.6. The van der Waals surface area contributed by atoms with Crippen molar-refractivity contribution in [3.8, 4) is 0 Å². The van der Waals surface area contributed by atoms with Crippen LogP contribution in [0.2, 0.25) is 0 Å². The number of methoxy groups -OCH3 is 1. The highest BCUT2D eigenvalue weighted by atomic mass is 16.7. The largest absolute Gasteiger partial charge is 0.494 e. The predicted molar refractivity (Wildman–Crippen MR) is 120 cm³/mol. The minimum atomic E-state index is -0.498. The maximum Gasteiger partial charge on any atom is 0.494 e. The summed E-state index contributed by atoms with van der Waals surface area (Å²) in [5, 5.41) is 0. The van der Waals surface area contributed by atoms with Gasteiger partial charge in [-0.15, -0.1) is 0 Å². The Morgan fingerprint density at radius 1 is 1.16 bits per heavy atom. The topological polar surface area (TPSA) is 74.3 Å². The van der Waals surface area contributed by atoms with Gasteiger partial charge in [0.15, 0.2) is 0 Å². The number of fused-ring (bicyclic) bond motifs is 1. The quantitative estimate of drug-likeness (QED) is 0.526. The van der Waals surface area contributed by atoms with E-state index in [1.54, 1.807) is 0 Å². The number of nitrogens with zero attached hydrogens (tertiary/aromatic N) is 1. The van der Waals surface area contributed by atoms with Gasteiger partial charge in [-0.05, 0) is 78.4 Å². The first-order chi connectivity index (χ1) is 14.2. The van der Waals surface area contributed by atoms with Crippen molar-refractivity contribution in [2.75, 3.05) is 7.11 Å². The molecule has 1 amide bonds. The van der Waals surface area contributed by atoms with E-state index >= 15 is 0 Å². The van der Waals surface area contributed by atoms with E-state index in [-0.39, 0.29) is 23.3 Å². The van der Waals surface area contributed by atoms with E-state index < -0.39 is 12.7 Å². The van der Waals surface area contributed by atoms with Gasteiger partial charge in [-0.1, -0.05) is 18.2 Å². The number of hydrogen-bond acceptors (Lipinski definition) is 6. The summed E-state index contributed by atoms with van der Waals surface area (Å²) in [5.41, 5.74) is 2.15. The van der Waals surface area contributed by atoms with Crippen LogP contribution in [-0.2, 0) is 36.5 Å². The van der Waals surface area contributed by atoms with Gasteiger partial charge in [-0.3, -0.25) is 4.79 Å². The fourth-order valence-corrected chi connectivity index (χ4v) is 3.45. The second-order valence-corrected chi connectivity index (χ2v) is 10.1. The molecule has 0 saturated carbocycles. The van der Waals surface area contributed by atoms with Gasteiger partial charge in [0.25, 0.3) is 6.47 Å². The molecule has 1 aromatic rings. The first-order valence-corrected chi connectivity index (χ1v) is 10.6. The van der Waals surface area contributed by atoms with E-state index in [0.717, 1.165) is 17.4 Å². The van der Waals surface area contributed by atoms with Crippen molar-refractivity contribution >= 4 is 25.1 Å². The first-order valence-electron chi connectivity index (χ1n) is 10.6. The third-order valence-corrected chi connectivity index (χ3v) is 5.87. The van der Waals surface area contributed by atoms with Gasteiger partial charge in [-0.25, -0.2) is 4.79 Å². The normalized spacial score (nSPS) is 21.5. The van der Waals surface area contributed by atoms with Crippen molar-refractivity contribution in [2.45, 2.75) is 91.2 Å². The Hall–Kier alpha value is -2.06. The van der Waals surface area contributed by atoms with Gasteiger partial charge in [0, 0.05) is 12.6 Å². The number of hydrogen-bond donors (Lipinski definition) is 0. The molecule has 1 fully saturated rings. The smallest absolute Gasteiger partial charge is 0.471 e. The lowest BCUT2D eigenvalue weighted by Gasteiger charge is -2.36. The van der Waals surface area contributed by atoms with E-state index in [4.69, 9.17) is 18.8 Å². The molecular formula is C23H36BNO6. The summed E-state index contributed by atoms with van der Waals surface area (Å²) < 4.78 is 21.8. The first kappa shape index (κ1) is 25.2. The Morgan fingerprint density at radius 3 is 2.19 bits per heavy atom. The van der Waals surface area contributed by atoms with Crippen LogP contribution in [0.15, 0.2) is 18.2 Å². The highest BCUT2D eigenvalue weighted by Gasteiger charge is 2.51. The van der Waals surface area contributed by atoms with Gasteiger partial charge < -0.3 is 23.7 Å². The lowest BCUT2D eigenvalue weighted by atomic mass is 9.76. The van der Waals surface area contributed by atoms with Crippen LogP contribution in [0.1, 0.15) is 66.5 Å². The molecule has 0 spiro atoms. The van der Waals surface area contributed by atoms with Gasteiger partial charge in [0.2, 0.25) is 0 Å². The van der Waals surface area contributed by atoms with Crippen LogP contribution in [0.4, 0.5) is 4.79 Å². The molecule has 1 atom stereocenters. The highest BCUT2D eigenvalue weighted by molar-refractivity contribution is 6.62. The van der Waals surface area contributed by atoms with Gasteiger partial charge in [-0.2, -0.15) is 0 Å². The van der Waals surface area contributed by atoms with Crippen LogP contribution in [0, 0.1) is 0 Å². The van der Waals surface area contributed by atoms with Crippen molar-refractivity contribution in [3.05, 3.63) is 29.3 Å².